The standard InChI is InChI=1S/C25H31N5O5S/c1-15(13-33-6)34-17-9-16(22(31)27-20-7-8-30(5)28-20)10-18(11-17)35-24-26-19-12-25(2,3)14-29(4)23(32)21(19)36-24/h7-11,15H,12-14H2,1-6H3,(H,27,28,31)/t15-/m0/s1. The molecular weight excluding hydrogens is 482 g/mol. The zero-order valence-electron chi connectivity index (χ0n) is 21.3. The van der Waals surface area contributed by atoms with Gasteiger partial charge in [-0.1, -0.05) is 25.2 Å². The normalized spacial score (nSPS) is 15.7. The number of nitrogens with zero attached hydrogens (tertiary/aromatic N) is 4. The molecule has 1 atom stereocenters. The first-order chi connectivity index (χ1) is 17.0. The molecule has 11 heteroatoms. The van der Waals surface area contributed by atoms with Gasteiger partial charge in [-0.15, -0.1) is 0 Å². The second-order valence-corrected chi connectivity index (χ2v) is 10.7. The summed E-state index contributed by atoms with van der Waals surface area (Å²) in [6, 6.07) is 6.63. The van der Waals surface area contributed by atoms with Crippen LogP contribution in [0.2, 0.25) is 0 Å². The molecule has 4 rings (SSSR count). The number of aryl methyl sites for hydroxylation is 1. The van der Waals surface area contributed by atoms with Crippen molar-refractivity contribution in [2.24, 2.45) is 12.5 Å². The van der Waals surface area contributed by atoms with Gasteiger partial charge in [-0.05, 0) is 30.9 Å². The van der Waals surface area contributed by atoms with Gasteiger partial charge in [0.25, 0.3) is 17.0 Å². The van der Waals surface area contributed by atoms with Gasteiger partial charge in [0.1, 0.15) is 22.5 Å². The molecule has 0 spiro atoms. The zero-order chi connectivity index (χ0) is 26.0. The number of carbonyl (C=O) groups excluding carboxylic acids is 2. The van der Waals surface area contributed by atoms with Gasteiger partial charge in [-0.25, -0.2) is 4.98 Å². The smallest absolute Gasteiger partial charge is 0.279 e. The van der Waals surface area contributed by atoms with Crippen LogP contribution >= 0.6 is 11.3 Å². The maximum atomic E-state index is 13.0. The largest absolute Gasteiger partial charge is 0.488 e. The number of hydrogen-bond donors (Lipinski definition) is 1. The van der Waals surface area contributed by atoms with Crippen LogP contribution in [0, 0.1) is 5.41 Å². The molecule has 1 aliphatic rings. The molecule has 1 aliphatic heterocycles. The summed E-state index contributed by atoms with van der Waals surface area (Å²) >= 11 is 1.20. The lowest BCUT2D eigenvalue weighted by molar-refractivity contribution is 0.0757. The van der Waals surface area contributed by atoms with Crippen molar-refractivity contribution in [2.45, 2.75) is 33.3 Å². The predicted molar refractivity (Wildman–Crippen MR) is 136 cm³/mol. The van der Waals surface area contributed by atoms with Crippen LogP contribution in [-0.2, 0) is 18.2 Å². The molecular formula is C25H31N5O5S. The highest BCUT2D eigenvalue weighted by atomic mass is 32.1. The lowest BCUT2D eigenvalue weighted by atomic mass is 9.88. The minimum absolute atomic E-state index is 0.0659. The molecule has 3 aromatic rings. The van der Waals surface area contributed by atoms with E-state index in [9.17, 15) is 9.59 Å². The fourth-order valence-corrected chi connectivity index (χ4v) is 5.11. The molecule has 1 N–H and O–H groups in total. The maximum Gasteiger partial charge on any atom is 0.279 e. The number of nitrogens with one attached hydrogen (secondary N) is 1. The summed E-state index contributed by atoms with van der Waals surface area (Å²) in [5.41, 5.74) is 0.944. The number of amides is 2. The fourth-order valence-electron chi connectivity index (χ4n) is 4.16. The maximum absolute atomic E-state index is 13.0. The Morgan fingerprint density at radius 1 is 1.25 bits per heavy atom. The number of carbonyl (C=O) groups is 2. The van der Waals surface area contributed by atoms with E-state index in [1.165, 1.54) is 11.3 Å². The molecule has 36 heavy (non-hydrogen) atoms. The molecule has 0 bridgehead atoms. The molecule has 0 fully saturated rings. The Morgan fingerprint density at radius 3 is 2.69 bits per heavy atom. The Morgan fingerprint density at radius 2 is 2.00 bits per heavy atom. The molecule has 0 saturated heterocycles. The summed E-state index contributed by atoms with van der Waals surface area (Å²) in [5.74, 6) is 0.809. The molecule has 0 unspecified atom stereocenters. The summed E-state index contributed by atoms with van der Waals surface area (Å²) < 4.78 is 18.8. The van der Waals surface area contributed by atoms with Gasteiger partial charge >= 0.3 is 0 Å². The van der Waals surface area contributed by atoms with Crippen LogP contribution < -0.4 is 14.8 Å². The van der Waals surface area contributed by atoms with Gasteiger partial charge < -0.3 is 24.4 Å². The van der Waals surface area contributed by atoms with Crippen molar-refractivity contribution in [3.8, 4) is 16.7 Å². The second-order valence-electron chi connectivity index (χ2n) is 9.77. The van der Waals surface area contributed by atoms with Crippen LogP contribution in [0.25, 0.3) is 0 Å². The fraction of sp³-hybridized carbons (Fsp3) is 0.440. The number of benzene rings is 1. The average Bonchev–Trinajstić information content (AvgIpc) is 3.35. The number of thiazole rings is 1. The quantitative estimate of drug-likeness (QED) is 0.485. The summed E-state index contributed by atoms with van der Waals surface area (Å²) in [5, 5.41) is 7.30. The highest BCUT2D eigenvalue weighted by molar-refractivity contribution is 7.15. The lowest BCUT2D eigenvalue weighted by Gasteiger charge is -2.26. The van der Waals surface area contributed by atoms with Gasteiger partial charge in [0.15, 0.2) is 5.82 Å². The van der Waals surface area contributed by atoms with Gasteiger partial charge in [0.2, 0.25) is 0 Å². The van der Waals surface area contributed by atoms with Crippen LogP contribution in [-0.4, -0.2) is 64.9 Å². The Hall–Kier alpha value is -3.44. The van der Waals surface area contributed by atoms with Crippen LogP contribution in [0.3, 0.4) is 0 Å². The van der Waals surface area contributed by atoms with E-state index in [1.54, 1.807) is 61.2 Å². The Balaban J connectivity index is 1.63. The monoisotopic (exact) mass is 513 g/mol. The van der Waals surface area contributed by atoms with Crippen molar-refractivity contribution >= 4 is 29.0 Å². The van der Waals surface area contributed by atoms with E-state index in [0.717, 1.165) is 5.69 Å². The van der Waals surface area contributed by atoms with Crippen LogP contribution in [0.5, 0.6) is 16.7 Å². The second kappa shape index (κ2) is 10.3. The summed E-state index contributed by atoms with van der Waals surface area (Å²) in [6.07, 6.45) is 2.15. The van der Waals surface area contributed by atoms with Crippen LogP contribution in [0.15, 0.2) is 30.5 Å². The van der Waals surface area contributed by atoms with E-state index in [-0.39, 0.29) is 23.3 Å². The van der Waals surface area contributed by atoms with Gasteiger partial charge in [0, 0.05) is 51.6 Å². The van der Waals surface area contributed by atoms with Crippen molar-refractivity contribution in [3.05, 3.63) is 46.6 Å². The average molecular weight is 514 g/mol. The molecule has 0 saturated carbocycles. The van der Waals surface area contributed by atoms with E-state index in [2.05, 4.69) is 29.2 Å². The molecule has 1 aromatic carbocycles. The zero-order valence-corrected chi connectivity index (χ0v) is 22.1. The number of rotatable bonds is 8. The Kier molecular flexibility index (Phi) is 7.32. The molecule has 2 amide bonds. The predicted octanol–water partition coefficient (Wildman–Crippen LogP) is 3.99. The Labute approximate surface area is 214 Å². The van der Waals surface area contributed by atoms with Crippen molar-refractivity contribution in [1.82, 2.24) is 19.7 Å². The summed E-state index contributed by atoms with van der Waals surface area (Å²) in [6.45, 7) is 7.12. The van der Waals surface area contributed by atoms with E-state index < -0.39 is 0 Å². The van der Waals surface area contributed by atoms with E-state index in [1.807, 2.05) is 6.92 Å². The van der Waals surface area contributed by atoms with E-state index in [0.29, 0.717) is 52.5 Å². The van der Waals surface area contributed by atoms with Gasteiger partial charge in [0.05, 0.1) is 12.3 Å². The van der Waals surface area contributed by atoms with Crippen molar-refractivity contribution < 1.29 is 23.8 Å². The first kappa shape index (κ1) is 25.6. The summed E-state index contributed by atoms with van der Waals surface area (Å²) in [7, 11) is 5.16. The molecule has 0 radical (unpaired) electrons. The van der Waals surface area contributed by atoms with E-state index in [4.69, 9.17) is 14.2 Å². The highest BCUT2D eigenvalue weighted by Gasteiger charge is 2.33. The van der Waals surface area contributed by atoms with Crippen LogP contribution in [0.4, 0.5) is 5.82 Å². The molecule has 3 heterocycles. The van der Waals surface area contributed by atoms with Crippen LogP contribution in [0.1, 0.15) is 46.5 Å². The number of aromatic nitrogens is 3. The van der Waals surface area contributed by atoms with Crippen molar-refractivity contribution in [2.75, 3.05) is 32.6 Å². The lowest BCUT2D eigenvalue weighted by Crippen LogP contribution is -2.33. The first-order valence-electron chi connectivity index (χ1n) is 11.6. The molecule has 0 aliphatic carbocycles. The van der Waals surface area contributed by atoms with Crippen molar-refractivity contribution in [3.63, 3.8) is 0 Å². The third kappa shape index (κ3) is 6.03. The minimum atomic E-state index is -0.364. The van der Waals surface area contributed by atoms with Gasteiger partial charge in [-0.2, -0.15) is 5.10 Å². The number of fused-ring (bicyclic) bond motifs is 1. The summed E-state index contributed by atoms with van der Waals surface area (Å²) in [4.78, 5) is 32.8. The number of methoxy groups -OCH3 is 1. The highest BCUT2D eigenvalue weighted by Crippen LogP contribution is 2.37. The molecule has 2 aromatic heterocycles. The van der Waals surface area contributed by atoms with Crippen molar-refractivity contribution in [1.29, 1.82) is 0 Å². The topological polar surface area (TPSA) is 108 Å². The van der Waals surface area contributed by atoms with E-state index >= 15 is 0 Å². The first-order valence-corrected chi connectivity index (χ1v) is 12.4. The number of anilines is 1. The third-order valence-corrected chi connectivity index (χ3v) is 6.53. The molecule has 192 valence electrons. The minimum Gasteiger partial charge on any atom is -0.488 e. The number of ether oxygens (including phenoxy) is 3. The number of hydrogen-bond acceptors (Lipinski definition) is 8. The van der Waals surface area contributed by atoms with Gasteiger partial charge in [-0.3, -0.25) is 14.3 Å². The molecule has 10 nitrogen and oxygen atoms in total. The SMILES string of the molecule is COC[C@H](C)Oc1cc(Oc2nc3c(s2)C(=O)N(C)CC(C)(C)C3)cc(C(=O)Nc2ccn(C)n2)c1. The Bertz CT molecular complexity index is 1270. The third-order valence-electron chi connectivity index (χ3n) is 5.57.